The third-order valence-electron chi connectivity index (χ3n) is 2.87. The Kier molecular flexibility index (Phi) is 3.77. The van der Waals surface area contributed by atoms with Gasteiger partial charge in [-0.05, 0) is 30.2 Å². The molecule has 94 valence electrons. The molecule has 0 bridgehead atoms. The molecular weight excluding hydrogens is 230 g/mol. The van der Waals surface area contributed by atoms with E-state index in [1.807, 2.05) is 24.3 Å². The van der Waals surface area contributed by atoms with Crippen LogP contribution >= 0.6 is 0 Å². The van der Waals surface area contributed by atoms with Crippen LogP contribution in [0, 0.1) is 0 Å². The van der Waals surface area contributed by atoms with Crippen molar-refractivity contribution in [2.24, 2.45) is 0 Å². The lowest BCUT2D eigenvalue weighted by Crippen LogP contribution is -2.30. The van der Waals surface area contributed by atoms with Crippen molar-refractivity contribution in [3.8, 4) is 5.75 Å². The van der Waals surface area contributed by atoms with Crippen LogP contribution in [0.4, 0.5) is 0 Å². The molecule has 1 aromatic rings. The standard InChI is InChI=1S/C14H15NO3/c1-18-12-7-4-11(5-8-12)6-9-14(17)15-10-2-3-13(15)16/h4-9H,2-3,10H2,1H3/b9-6+. The lowest BCUT2D eigenvalue weighted by atomic mass is 10.2. The highest BCUT2D eigenvalue weighted by molar-refractivity contribution is 6.03. The Bertz CT molecular complexity index is 476. The second-order valence-electron chi connectivity index (χ2n) is 4.09. The van der Waals surface area contributed by atoms with Crippen molar-refractivity contribution in [3.05, 3.63) is 35.9 Å². The molecule has 0 radical (unpaired) electrons. The molecule has 0 saturated carbocycles. The summed E-state index contributed by atoms with van der Waals surface area (Å²) in [5.41, 5.74) is 0.899. The maximum atomic E-state index is 11.7. The Morgan fingerprint density at radius 2 is 2.06 bits per heavy atom. The number of amides is 2. The van der Waals surface area contributed by atoms with Crippen molar-refractivity contribution in [1.29, 1.82) is 0 Å². The van der Waals surface area contributed by atoms with E-state index in [2.05, 4.69) is 0 Å². The van der Waals surface area contributed by atoms with Gasteiger partial charge in [-0.15, -0.1) is 0 Å². The van der Waals surface area contributed by atoms with E-state index in [-0.39, 0.29) is 11.8 Å². The van der Waals surface area contributed by atoms with Crippen LogP contribution < -0.4 is 4.74 Å². The fraction of sp³-hybridized carbons (Fsp3) is 0.286. The van der Waals surface area contributed by atoms with Crippen molar-refractivity contribution >= 4 is 17.9 Å². The van der Waals surface area contributed by atoms with Gasteiger partial charge in [0.2, 0.25) is 5.91 Å². The van der Waals surface area contributed by atoms with Crippen molar-refractivity contribution in [1.82, 2.24) is 4.90 Å². The molecule has 4 nitrogen and oxygen atoms in total. The lowest BCUT2D eigenvalue weighted by molar-refractivity contribution is -0.138. The second kappa shape index (κ2) is 5.49. The number of likely N-dealkylation sites (tertiary alicyclic amines) is 1. The molecule has 0 N–H and O–H groups in total. The smallest absolute Gasteiger partial charge is 0.253 e. The first-order valence-electron chi connectivity index (χ1n) is 5.87. The van der Waals surface area contributed by atoms with Gasteiger partial charge in [-0.2, -0.15) is 0 Å². The highest BCUT2D eigenvalue weighted by Gasteiger charge is 2.24. The third kappa shape index (κ3) is 2.77. The number of methoxy groups -OCH3 is 1. The van der Waals surface area contributed by atoms with Crippen LogP contribution in [0.25, 0.3) is 6.08 Å². The maximum absolute atomic E-state index is 11.7. The largest absolute Gasteiger partial charge is 0.497 e. The highest BCUT2D eigenvalue weighted by atomic mass is 16.5. The molecule has 1 saturated heterocycles. The Morgan fingerprint density at radius 1 is 1.33 bits per heavy atom. The van der Waals surface area contributed by atoms with Gasteiger partial charge < -0.3 is 4.74 Å². The van der Waals surface area contributed by atoms with Crippen LogP contribution in [-0.2, 0) is 9.59 Å². The summed E-state index contributed by atoms with van der Waals surface area (Å²) in [7, 11) is 1.60. The van der Waals surface area contributed by atoms with E-state index in [9.17, 15) is 9.59 Å². The third-order valence-corrected chi connectivity index (χ3v) is 2.87. The molecule has 2 amide bonds. The number of rotatable bonds is 3. The first kappa shape index (κ1) is 12.4. The number of nitrogens with zero attached hydrogens (tertiary/aromatic N) is 1. The van der Waals surface area contributed by atoms with Crippen LogP contribution in [0.2, 0.25) is 0 Å². The quantitative estimate of drug-likeness (QED) is 0.763. The second-order valence-corrected chi connectivity index (χ2v) is 4.09. The summed E-state index contributed by atoms with van der Waals surface area (Å²) in [6.45, 7) is 0.532. The van der Waals surface area contributed by atoms with Crippen LogP contribution in [0.15, 0.2) is 30.3 Å². The molecule has 1 heterocycles. The van der Waals surface area contributed by atoms with Gasteiger partial charge in [0.05, 0.1) is 7.11 Å². The molecule has 1 aromatic carbocycles. The molecule has 0 unspecified atom stereocenters. The van der Waals surface area contributed by atoms with Crippen LogP contribution in [-0.4, -0.2) is 30.4 Å². The van der Waals surface area contributed by atoms with Gasteiger partial charge in [0, 0.05) is 19.0 Å². The first-order valence-corrected chi connectivity index (χ1v) is 5.87. The van der Waals surface area contributed by atoms with Crippen molar-refractivity contribution in [3.63, 3.8) is 0 Å². The number of imide groups is 1. The van der Waals surface area contributed by atoms with Gasteiger partial charge in [-0.3, -0.25) is 14.5 Å². The SMILES string of the molecule is COc1ccc(/C=C/C(=O)N2CCCC2=O)cc1. The van der Waals surface area contributed by atoms with Crippen LogP contribution in [0.1, 0.15) is 18.4 Å². The van der Waals surface area contributed by atoms with E-state index in [0.717, 1.165) is 17.7 Å². The molecule has 2 rings (SSSR count). The van der Waals surface area contributed by atoms with Crippen LogP contribution in [0.5, 0.6) is 5.75 Å². The van der Waals surface area contributed by atoms with Gasteiger partial charge in [-0.25, -0.2) is 0 Å². The van der Waals surface area contributed by atoms with Crippen molar-refractivity contribution in [2.75, 3.05) is 13.7 Å². The zero-order valence-corrected chi connectivity index (χ0v) is 10.3. The number of benzene rings is 1. The summed E-state index contributed by atoms with van der Waals surface area (Å²) >= 11 is 0. The van der Waals surface area contributed by atoms with E-state index in [4.69, 9.17) is 4.74 Å². The Morgan fingerprint density at radius 3 is 2.61 bits per heavy atom. The van der Waals surface area contributed by atoms with E-state index in [1.165, 1.54) is 11.0 Å². The molecule has 0 spiro atoms. The molecule has 1 aliphatic heterocycles. The van der Waals surface area contributed by atoms with Gasteiger partial charge in [-0.1, -0.05) is 12.1 Å². The monoisotopic (exact) mass is 245 g/mol. The van der Waals surface area contributed by atoms with Gasteiger partial charge >= 0.3 is 0 Å². The van der Waals surface area contributed by atoms with E-state index >= 15 is 0 Å². The van der Waals surface area contributed by atoms with Gasteiger partial charge in [0.15, 0.2) is 0 Å². The number of ether oxygens (including phenoxy) is 1. The Labute approximate surface area is 106 Å². The number of carbonyl (C=O) groups is 2. The molecular formula is C14H15NO3. The lowest BCUT2D eigenvalue weighted by Gasteiger charge is -2.09. The Balaban J connectivity index is 2.01. The molecule has 1 aliphatic rings. The summed E-state index contributed by atoms with van der Waals surface area (Å²) in [5, 5.41) is 0. The summed E-state index contributed by atoms with van der Waals surface area (Å²) in [6, 6.07) is 7.36. The number of carbonyl (C=O) groups excluding carboxylic acids is 2. The first-order chi connectivity index (χ1) is 8.70. The molecule has 18 heavy (non-hydrogen) atoms. The summed E-state index contributed by atoms with van der Waals surface area (Å²) in [4.78, 5) is 24.4. The fourth-order valence-corrected chi connectivity index (χ4v) is 1.85. The normalized spacial score (nSPS) is 15.4. The number of hydrogen-bond donors (Lipinski definition) is 0. The van der Waals surface area contributed by atoms with Gasteiger partial charge in [0.25, 0.3) is 5.91 Å². The molecule has 1 fully saturated rings. The zero-order valence-electron chi connectivity index (χ0n) is 10.3. The molecule has 0 aliphatic carbocycles. The zero-order chi connectivity index (χ0) is 13.0. The fourth-order valence-electron chi connectivity index (χ4n) is 1.85. The minimum atomic E-state index is -0.242. The predicted octanol–water partition coefficient (Wildman–Crippen LogP) is 1.86. The average molecular weight is 245 g/mol. The van der Waals surface area contributed by atoms with E-state index in [0.29, 0.717) is 13.0 Å². The maximum Gasteiger partial charge on any atom is 0.253 e. The summed E-state index contributed by atoms with van der Waals surface area (Å²) in [6.07, 6.45) is 4.38. The minimum Gasteiger partial charge on any atom is -0.497 e. The minimum absolute atomic E-state index is 0.0839. The van der Waals surface area contributed by atoms with Gasteiger partial charge in [0.1, 0.15) is 5.75 Å². The number of hydrogen-bond acceptors (Lipinski definition) is 3. The van der Waals surface area contributed by atoms with Crippen molar-refractivity contribution in [2.45, 2.75) is 12.8 Å². The molecule has 4 heteroatoms. The highest BCUT2D eigenvalue weighted by Crippen LogP contribution is 2.14. The van der Waals surface area contributed by atoms with Crippen LogP contribution in [0.3, 0.4) is 0 Å². The Hall–Kier alpha value is -2.10. The van der Waals surface area contributed by atoms with E-state index < -0.39 is 0 Å². The summed E-state index contributed by atoms with van der Waals surface area (Å²) < 4.78 is 5.05. The molecule has 0 aromatic heterocycles. The topological polar surface area (TPSA) is 46.6 Å². The van der Waals surface area contributed by atoms with Crippen molar-refractivity contribution < 1.29 is 14.3 Å². The molecule has 0 atom stereocenters. The predicted molar refractivity (Wildman–Crippen MR) is 68.0 cm³/mol. The average Bonchev–Trinajstić information content (AvgIpc) is 2.83. The summed E-state index contributed by atoms with van der Waals surface area (Å²) in [5.74, 6) is 0.445. The van der Waals surface area contributed by atoms with E-state index in [1.54, 1.807) is 13.2 Å².